The number of carboxylic acid groups (broad SMARTS) is 1. The summed E-state index contributed by atoms with van der Waals surface area (Å²) in [6, 6.07) is -0.308. The molecule has 0 bridgehead atoms. The van der Waals surface area contributed by atoms with E-state index in [1.54, 1.807) is 6.92 Å². The lowest BCUT2D eigenvalue weighted by Gasteiger charge is -2.46. The van der Waals surface area contributed by atoms with Crippen LogP contribution in [0.15, 0.2) is 16.6 Å². The van der Waals surface area contributed by atoms with Crippen LogP contribution in [0.25, 0.3) is 10.4 Å². The molecule has 2 aromatic rings. The number of carbonyl (C=O) groups excluding carboxylic acids is 1. The Morgan fingerprint density at radius 3 is 2.72 bits per heavy atom. The smallest absolute Gasteiger partial charge is 0.352 e. The van der Waals surface area contributed by atoms with Gasteiger partial charge in [-0.2, -0.15) is 0 Å². The molecule has 2 aliphatic rings. The van der Waals surface area contributed by atoms with Crippen molar-refractivity contribution in [1.29, 1.82) is 0 Å². The molecule has 0 aromatic carbocycles. The first-order chi connectivity index (χ1) is 11.7. The third kappa shape index (κ3) is 2.09. The van der Waals surface area contributed by atoms with Crippen LogP contribution in [0.1, 0.15) is 24.4 Å². The molecule has 2 aliphatic heterocycles. The lowest BCUT2D eigenvalue weighted by atomic mass is 9.77. The normalized spacial score (nSPS) is 27.0. The molecule has 1 amide bonds. The number of amides is 1. The Kier molecular flexibility index (Phi) is 3.61. The van der Waals surface area contributed by atoms with Crippen molar-refractivity contribution in [2.75, 3.05) is 0 Å². The van der Waals surface area contributed by atoms with Gasteiger partial charge in [-0.3, -0.25) is 9.20 Å². The molecule has 25 heavy (non-hydrogen) atoms. The standard InChI is InChI=1S/C16H16BrN3O4S/c1-5-9(8-4-19-14(25-8)6(2)18-16(19)17)12(15(23)24)20-11(5)10(7(3)21)13(20)22/h4-5,7,10-11,21H,1-3H3,(H,23,24)/t5-,7+,10+,11+/m0/s1. The SMILES string of the molecule is Cc1nc(Br)n2cc(C3=C(C(=O)O)N4C(=O)[C@H]([C@@H](C)O)[C@H]4[C@H]3C)sc12. The second kappa shape index (κ2) is 5.39. The maximum absolute atomic E-state index is 12.4. The van der Waals surface area contributed by atoms with Gasteiger partial charge in [0.1, 0.15) is 10.5 Å². The van der Waals surface area contributed by atoms with E-state index in [0.29, 0.717) is 10.3 Å². The molecule has 0 unspecified atom stereocenters. The van der Waals surface area contributed by atoms with E-state index in [9.17, 15) is 19.8 Å². The monoisotopic (exact) mass is 425 g/mol. The third-order valence-corrected chi connectivity index (χ3v) is 6.87. The van der Waals surface area contributed by atoms with Gasteiger partial charge >= 0.3 is 5.97 Å². The van der Waals surface area contributed by atoms with Gasteiger partial charge in [0.2, 0.25) is 5.91 Å². The molecule has 7 nitrogen and oxygen atoms in total. The van der Waals surface area contributed by atoms with Crippen LogP contribution in [0.5, 0.6) is 0 Å². The number of aliphatic hydroxyl groups excluding tert-OH is 1. The fourth-order valence-corrected chi connectivity index (χ4v) is 5.85. The number of rotatable bonds is 3. The topological polar surface area (TPSA) is 95.1 Å². The van der Waals surface area contributed by atoms with Crippen molar-refractivity contribution in [2.45, 2.75) is 32.9 Å². The largest absolute Gasteiger partial charge is 0.477 e. The van der Waals surface area contributed by atoms with Crippen molar-refractivity contribution in [3.8, 4) is 0 Å². The van der Waals surface area contributed by atoms with Crippen LogP contribution in [-0.4, -0.2) is 48.5 Å². The maximum Gasteiger partial charge on any atom is 0.352 e. The van der Waals surface area contributed by atoms with Gasteiger partial charge in [-0.25, -0.2) is 9.78 Å². The van der Waals surface area contributed by atoms with Crippen LogP contribution in [0, 0.1) is 18.8 Å². The summed E-state index contributed by atoms with van der Waals surface area (Å²) in [6.45, 7) is 5.39. The molecule has 4 rings (SSSR count). The number of hydrogen-bond donors (Lipinski definition) is 2. The van der Waals surface area contributed by atoms with Crippen molar-refractivity contribution in [2.24, 2.45) is 11.8 Å². The van der Waals surface area contributed by atoms with Crippen molar-refractivity contribution < 1.29 is 19.8 Å². The second-order valence-electron chi connectivity index (χ2n) is 6.56. The average molecular weight is 426 g/mol. The number of carboxylic acids is 1. The zero-order valence-corrected chi connectivity index (χ0v) is 16.1. The summed E-state index contributed by atoms with van der Waals surface area (Å²) in [5.74, 6) is -2.16. The second-order valence-corrected chi connectivity index (χ2v) is 8.30. The number of nitrogens with zero attached hydrogens (tertiary/aromatic N) is 3. The van der Waals surface area contributed by atoms with Crippen molar-refractivity contribution in [3.63, 3.8) is 0 Å². The third-order valence-electron chi connectivity index (χ3n) is 5.08. The van der Waals surface area contributed by atoms with Gasteiger partial charge in [-0.1, -0.05) is 6.92 Å². The molecule has 1 fully saturated rings. The van der Waals surface area contributed by atoms with Crippen molar-refractivity contribution in [3.05, 3.63) is 27.2 Å². The van der Waals surface area contributed by atoms with E-state index in [1.807, 2.05) is 24.4 Å². The molecule has 0 spiro atoms. The van der Waals surface area contributed by atoms with Gasteiger partial charge in [0, 0.05) is 17.7 Å². The number of halogens is 1. The molecule has 4 heterocycles. The number of β-lactam (4-membered cyclic amide) rings is 1. The van der Waals surface area contributed by atoms with Crippen LogP contribution in [0.2, 0.25) is 0 Å². The lowest BCUT2D eigenvalue weighted by molar-refractivity contribution is -0.163. The quantitative estimate of drug-likeness (QED) is 0.734. The predicted molar refractivity (Wildman–Crippen MR) is 95.0 cm³/mol. The Bertz CT molecular complexity index is 926. The van der Waals surface area contributed by atoms with E-state index >= 15 is 0 Å². The molecule has 1 saturated heterocycles. The minimum Gasteiger partial charge on any atom is -0.477 e. The minimum absolute atomic E-state index is 0.0330. The fourth-order valence-electron chi connectivity index (χ4n) is 4.00. The van der Waals surface area contributed by atoms with Crippen LogP contribution in [-0.2, 0) is 9.59 Å². The van der Waals surface area contributed by atoms with Crippen LogP contribution < -0.4 is 0 Å². The highest BCUT2D eigenvalue weighted by molar-refractivity contribution is 9.10. The molecule has 9 heteroatoms. The summed E-state index contributed by atoms with van der Waals surface area (Å²) in [4.78, 5) is 31.7. The molecule has 0 saturated carbocycles. The maximum atomic E-state index is 12.4. The molecule has 2 N–H and O–H groups in total. The van der Waals surface area contributed by atoms with Gasteiger partial charge in [0.15, 0.2) is 4.73 Å². The molecule has 0 aliphatic carbocycles. The van der Waals surface area contributed by atoms with Gasteiger partial charge in [0.25, 0.3) is 0 Å². The molecular weight excluding hydrogens is 410 g/mol. The number of fused-ring (bicyclic) bond motifs is 2. The molecule has 2 aromatic heterocycles. The zero-order chi connectivity index (χ0) is 18.2. The Morgan fingerprint density at radius 1 is 1.48 bits per heavy atom. The van der Waals surface area contributed by atoms with E-state index in [4.69, 9.17) is 0 Å². The van der Waals surface area contributed by atoms with Crippen molar-refractivity contribution >= 4 is 49.5 Å². The van der Waals surface area contributed by atoms with E-state index in [1.165, 1.54) is 16.2 Å². The van der Waals surface area contributed by atoms with Crippen LogP contribution in [0.3, 0.4) is 0 Å². The number of aryl methyl sites for hydroxylation is 1. The summed E-state index contributed by atoms with van der Waals surface area (Å²) in [7, 11) is 0. The molecular formula is C16H16BrN3O4S. The number of aliphatic hydroxyl groups is 1. The number of carbonyl (C=O) groups is 2. The number of aliphatic carboxylic acids is 1. The van der Waals surface area contributed by atoms with Gasteiger partial charge in [0.05, 0.1) is 28.6 Å². The first-order valence-corrected chi connectivity index (χ1v) is 9.48. The Hall–Kier alpha value is -1.71. The average Bonchev–Trinajstić information content (AvgIpc) is 3.11. The van der Waals surface area contributed by atoms with Crippen molar-refractivity contribution in [1.82, 2.24) is 14.3 Å². The van der Waals surface area contributed by atoms with Gasteiger partial charge < -0.3 is 15.1 Å². The van der Waals surface area contributed by atoms with E-state index in [0.717, 1.165) is 15.4 Å². The highest BCUT2D eigenvalue weighted by atomic mass is 79.9. The summed E-state index contributed by atoms with van der Waals surface area (Å²) < 4.78 is 2.53. The number of aromatic nitrogens is 2. The molecule has 4 atom stereocenters. The summed E-state index contributed by atoms with van der Waals surface area (Å²) in [5, 5.41) is 19.6. The van der Waals surface area contributed by atoms with E-state index < -0.39 is 18.0 Å². The van der Waals surface area contributed by atoms with E-state index in [-0.39, 0.29) is 23.6 Å². The number of hydrogen-bond acceptors (Lipinski definition) is 5. The van der Waals surface area contributed by atoms with E-state index in [2.05, 4.69) is 20.9 Å². The van der Waals surface area contributed by atoms with Crippen LogP contribution >= 0.6 is 27.3 Å². The summed E-state index contributed by atoms with van der Waals surface area (Å²) >= 11 is 4.86. The summed E-state index contributed by atoms with van der Waals surface area (Å²) in [5.41, 5.74) is 1.53. The lowest BCUT2D eigenvalue weighted by Crippen LogP contribution is -2.63. The fraction of sp³-hybridized carbons (Fsp3) is 0.438. The number of imidazole rings is 1. The predicted octanol–water partition coefficient (Wildman–Crippen LogP) is 2.12. The minimum atomic E-state index is -1.12. The van der Waals surface area contributed by atoms with Crippen LogP contribution in [0.4, 0.5) is 0 Å². The highest BCUT2D eigenvalue weighted by Gasteiger charge is 2.60. The Balaban J connectivity index is 1.88. The summed E-state index contributed by atoms with van der Waals surface area (Å²) in [6.07, 6.45) is 1.05. The molecule has 0 radical (unpaired) electrons. The Labute approximate surface area is 155 Å². The molecule has 132 valence electrons. The van der Waals surface area contributed by atoms with Gasteiger partial charge in [-0.15, -0.1) is 11.3 Å². The zero-order valence-electron chi connectivity index (χ0n) is 13.7. The van der Waals surface area contributed by atoms with Gasteiger partial charge in [-0.05, 0) is 29.8 Å². The Morgan fingerprint density at radius 2 is 2.16 bits per heavy atom. The number of thiazole rings is 1. The first-order valence-electron chi connectivity index (χ1n) is 7.87. The first kappa shape index (κ1) is 16.7. The highest BCUT2D eigenvalue weighted by Crippen LogP contribution is 2.51.